The molecule has 1 aliphatic rings. The molecule has 2 rings (SSSR count). The molecular formula is C11H14Cl2N2O. The topological polar surface area (TPSA) is 38.5 Å². The minimum Gasteiger partial charge on any atom is -0.399 e. The van der Waals surface area contributed by atoms with Gasteiger partial charge in [-0.15, -0.1) is 0 Å². The second kappa shape index (κ2) is 4.70. The molecule has 0 bridgehead atoms. The highest BCUT2D eigenvalue weighted by Crippen LogP contribution is 2.37. The second-order valence-electron chi connectivity index (χ2n) is 3.95. The normalized spacial score (nSPS) is 21.2. The third-order valence-corrected chi connectivity index (χ3v) is 3.27. The van der Waals surface area contributed by atoms with E-state index in [1.54, 1.807) is 12.1 Å². The van der Waals surface area contributed by atoms with Crippen molar-refractivity contribution in [3.63, 3.8) is 0 Å². The van der Waals surface area contributed by atoms with E-state index in [0.29, 0.717) is 28.9 Å². The number of rotatable bonds is 1. The van der Waals surface area contributed by atoms with Gasteiger partial charge in [0.2, 0.25) is 0 Å². The Morgan fingerprint density at radius 2 is 2.00 bits per heavy atom. The number of morpholine rings is 1. The average Bonchev–Trinajstić information content (AvgIpc) is 2.19. The number of hydrogen-bond acceptors (Lipinski definition) is 3. The number of halogens is 2. The lowest BCUT2D eigenvalue weighted by Crippen LogP contribution is -2.44. The lowest BCUT2D eigenvalue weighted by atomic mass is 10.2. The first-order chi connectivity index (χ1) is 7.59. The molecular weight excluding hydrogens is 247 g/mol. The van der Waals surface area contributed by atoms with Crippen LogP contribution in [0.5, 0.6) is 0 Å². The predicted molar refractivity (Wildman–Crippen MR) is 68.5 cm³/mol. The van der Waals surface area contributed by atoms with Crippen LogP contribution in [-0.4, -0.2) is 25.8 Å². The number of hydrogen-bond donors (Lipinski definition) is 1. The lowest BCUT2D eigenvalue weighted by Gasteiger charge is -2.36. The highest BCUT2D eigenvalue weighted by Gasteiger charge is 2.23. The summed E-state index contributed by atoms with van der Waals surface area (Å²) < 4.78 is 5.38. The molecule has 1 aromatic carbocycles. The van der Waals surface area contributed by atoms with Crippen molar-refractivity contribution < 1.29 is 4.74 Å². The Morgan fingerprint density at radius 1 is 1.38 bits per heavy atom. The maximum atomic E-state index is 6.19. The molecule has 0 saturated carbocycles. The first kappa shape index (κ1) is 11.8. The van der Waals surface area contributed by atoms with E-state index in [1.165, 1.54) is 0 Å². The fourth-order valence-electron chi connectivity index (χ4n) is 1.92. The fourth-order valence-corrected chi connectivity index (χ4v) is 2.64. The molecule has 1 unspecified atom stereocenters. The van der Waals surface area contributed by atoms with Gasteiger partial charge in [0.05, 0.1) is 28.9 Å². The van der Waals surface area contributed by atoms with Crippen molar-refractivity contribution in [2.45, 2.75) is 13.0 Å². The quantitative estimate of drug-likeness (QED) is 0.790. The molecule has 0 radical (unpaired) electrons. The minimum absolute atomic E-state index is 0.271. The maximum absolute atomic E-state index is 6.19. The van der Waals surface area contributed by atoms with Crippen LogP contribution >= 0.6 is 23.2 Å². The van der Waals surface area contributed by atoms with Crippen LogP contribution in [0.4, 0.5) is 11.4 Å². The maximum Gasteiger partial charge on any atom is 0.0750 e. The van der Waals surface area contributed by atoms with Gasteiger partial charge in [-0.1, -0.05) is 23.2 Å². The zero-order valence-corrected chi connectivity index (χ0v) is 10.6. The molecule has 0 aliphatic carbocycles. The summed E-state index contributed by atoms with van der Waals surface area (Å²) in [7, 11) is 0. The molecule has 1 fully saturated rings. The Bertz CT molecular complexity index is 375. The van der Waals surface area contributed by atoms with Crippen molar-refractivity contribution in [1.29, 1.82) is 0 Å². The summed E-state index contributed by atoms with van der Waals surface area (Å²) in [6.07, 6.45) is 0. The van der Waals surface area contributed by atoms with Gasteiger partial charge in [0.25, 0.3) is 0 Å². The number of nitrogens with zero attached hydrogens (tertiary/aromatic N) is 1. The van der Waals surface area contributed by atoms with E-state index in [2.05, 4.69) is 11.8 Å². The van der Waals surface area contributed by atoms with Gasteiger partial charge in [0, 0.05) is 18.3 Å². The molecule has 16 heavy (non-hydrogen) atoms. The summed E-state index contributed by atoms with van der Waals surface area (Å²) in [6, 6.07) is 3.72. The molecule has 0 amide bonds. The van der Waals surface area contributed by atoms with Crippen molar-refractivity contribution in [2.24, 2.45) is 0 Å². The third-order valence-electron chi connectivity index (χ3n) is 2.69. The van der Waals surface area contributed by atoms with Gasteiger partial charge in [0.1, 0.15) is 0 Å². The van der Waals surface area contributed by atoms with E-state index < -0.39 is 0 Å². The van der Waals surface area contributed by atoms with E-state index in [4.69, 9.17) is 33.7 Å². The molecule has 1 heterocycles. The van der Waals surface area contributed by atoms with E-state index >= 15 is 0 Å². The average molecular weight is 261 g/mol. The summed E-state index contributed by atoms with van der Waals surface area (Å²) in [4.78, 5) is 2.16. The van der Waals surface area contributed by atoms with E-state index in [9.17, 15) is 0 Å². The summed E-state index contributed by atoms with van der Waals surface area (Å²) in [5.41, 5.74) is 7.12. The van der Waals surface area contributed by atoms with Crippen molar-refractivity contribution in [3.8, 4) is 0 Å². The van der Waals surface area contributed by atoms with E-state index in [0.717, 1.165) is 12.2 Å². The Balaban J connectivity index is 2.38. The molecule has 3 nitrogen and oxygen atoms in total. The monoisotopic (exact) mass is 260 g/mol. The van der Waals surface area contributed by atoms with Crippen molar-refractivity contribution in [3.05, 3.63) is 22.2 Å². The summed E-state index contributed by atoms with van der Waals surface area (Å²) >= 11 is 12.4. The van der Waals surface area contributed by atoms with Crippen LogP contribution in [0.15, 0.2) is 12.1 Å². The van der Waals surface area contributed by atoms with Crippen LogP contribution in [0.25, 0.3) is 0 Å². The highest BCUT2D eigenvalue weighted by molar-refractivity contribution is 6.39. The van der Waals surface area contributed by atoms with E-state index in [-0.39, 0.29) is 6.04 Å². The Morgan fingerprint density at radius 3 is 2.56 bits per heavy atom. The van der Waals surface area contributed by atoms with Gasteiger partial charge < -0.3 is 15.4 Å². The zero-order valence-electron chi connectivity index (χ0n) is 9.04. The number of nitrogen functional groups attached to an aromatic ring is 1. The van der Waals surface area contributed by atoms with Gasteiger partial charge in [0.15, 0.2) is 0 Å². The molecule has 1 saturated heterocycles. The van der Waals surface area contributed by atoms with Crippen molar-refractivity contribution >= 4 is 34.6 Å². The Hall–Kier alpha value is -0.640. The van der Waals surface area contributed by atoms with Crippen molar-refractivity contribution in [2.75, 3.05) is 30.4 Å². The molecule has 0 aromatic heterocycles. The first-order valence-electron chi connectivity index (χ1n) is 5.18. The molecule has 2 N–H and O–H groups in total. The van der Waals surface area contributed by atoms with Gasteiger partial charge in [-0.05, 0) is 19.1 Å². The summed E-state index contributed by atoms with van der Waals surface area (Å²) in [6.45, 7) is 4.27. The number of benzene rings is 1. The smallest absolute Gasteiger partial charge is 0.0750 e. The Labute approximate surface area is 105 Å². The summed E-state index contributed by atoms with van der Waals surface area (Å²) in [5, 5.41) is 1.19. The number of anilines is 2. The molecule has 1 atom stereocenters. The first-order valence-corrected chi connectivity index (χ1v) is 5.94. The molecule has 5 heteroatoms. The second-order valence-corrected chi connectivity index (χ2v) is 4.76. The third kappa shape index (κ3) is 2.21. The van der Waals surface area contributed by atoms with E-state index in [1.807, 2.05) is 0 Å². The Kier molecular flexibility index (Phi) is 3.47. The van der Waals surface area contributed by atoms with Gasteiger partial charge in [-0.3, -0.25) is 0 Å². The lowest BCUT2D eigenvalue weighted by molar-refractivity contribution is 0.0990. The molecule has 1 aromatic rings. The summed E-state index contributed by atoms with van der Waals surface area (Å²) in [5.74, 6) is 0. The van der Waals surface area contributed by atoms with Crippen LogP contribution in [0.3, 0.4) is 0 Å². The van der Waals surface area contributed by atoms with Crippen LogP contribution in [-0.2, 0) is 4.74 Å². The van der Waals surface area contributed by atoms with Gasteiger partial charge in [-0.25, -0.2) is 0 Å². The number of ether oxygens (including phenoxy) is 1. The van der Waals surface area contributed by atoms with Crippen molar-refractivity contribution in [1.82, 2.24) is 0 Å². The fraction of sp³-hybridized carbons (Fsp3) is 0.455. The largest absolute Gasteiger partial charge is 0.399 e. The number of nitrogens with two attached hydrogens (primary N) is 1. The van der Waals surface area contributed by atoms with Crippen LogP contribution < -0.4 is 10.6 Å². The molecule has 88 valence electrons. The molecule has 1 aliphatic heterocycles. The molecule has 0 spiro atoms. The standard InChI is InChI=1S/C11H14Cl2N2O/c1-7-6-16-3-2-15(7)11-9(12)4-8(14)5-10(11)13/h4-5,7H,2-3,6,14H2,1H3. The van der Waals surface area contributed by atoms with Crippen LogP contribution in [0, 0.1) is 0 Å². The SMILES string of the molecule is CC1COCCN1c1c(Cl)cc(N)cc1Cl. The van der Waals surface area contributed by atoms with Gasteiger partial charge in [-0.2, -0.15) is 0 Å². The van der Waals surface area contributed by atoms with Crippen LogP contribution in [0.1, 0.15) is 6.92 Å². The van der Waals surface area contributed by atoms with Crippen LogP contribution in [0.2, 0.25) is 10.0 Å². The predicted octanol–water partition coefficient (Wildman–Crippen LogP) is 2.80. The highest BCUT2D eigenvalue weighted by atomic mass is 35.5. The zero-order chi connectivity index (χ0) is 11.7. The minimum atomic E-state index is 0.271. The van der Waals surface area contributed by atoms with Gasteiger partial charge >= 0.3 is 0 Å².